The van der Waals surface area contributed by atoms with Crippen LogP contribution in [0.3, 0.4) is 0 Å². The number of aryl methyl sites for hydroxylation is 1. The Bertz CT molecular complexity index is 1290. The minimum atomic E-state index is 0.227. The van der Waals surface area contributed by atoms with Crippen LogP contribution in [-0.4, -0.2) is 27.2 Å². The fourth-order valence-electron chi connectivity index (χ4n) is 4.04. The van der Waals surface area contributed by atoms with E-state index in [1.165, 1.54) is 0 Å². The third-order valence-electron chi connectivity index (χ3n) is 5.68. The second-order valence-corrected chi connectivity index (χ2v) is 7.79. The highest BCUT2D eigenvalue weighted by atomic mass is 16.5. The Morgan fingerprint density at radius 2 is 1.88 bits per heavy atom. The molecule has 158 valence electrons. The number of pyridine rings is 1. The summed E-state index contributed by atoms with van der Waals surface area (Å²) in [7, 11) is 0. The molecule has 1 aliphatic rings. The van der Waals surface area contributed by atoms with Crippen LogP contribution in [0.2, 0.25) is 0 Å². The highest BCUT2D eigenvalue weighted by Gasteiger charge is 2.21. The largest absolute Gasteiger partial charge is 0.493 e. The van der Waals surface area contributed by atoms with Crippen LogP contribution in [-0.2, 0) is 6.42 Å². The van der Waals surface area contributed by atoms with Crippen LogP contribution in [0.1, 0.15) is 28.8 Å². The molecule has 32 heavy (non-hydrogen) atoms. The number of rotatable bonds is 7. The fourth-order valence-corrected chi connectivity index (χ4v) is 4.04. The van der Waals surface area contributed by atoms with E-state index in [-0.39, 0.29) is 5.78 Å². The van der Waals surface area contributed by atoms with Gasteiger partial charge in [-0.05, 0) is 48.2 Å². The van der Waals surface area contributed by atoms with E-state index in [0.29, 0.717) is 13.0 Å². The molecule has 0 spiro atoms. The average molecular weight is 422 g/mol. The second kappa shape index (κ2) is 8.63. The highest BCUT2D eigenvalue weighted by molar-refractivity contribution is 6.01. The number of hydrogen-bond acceptors (Lipinski definition) is 4. The zero-order valence-electron chi connectivity index (χ0n) is 17.7. The topological polar surface area (TPSA) is 57.0 Å². The molecule has 5 nitrogen and oxygen atoms in total. The molecule has 4 aromatic rings. The Morgan fingerprint density at radius 1 is 1.00 bits per heavy atom. The number of benzene rings is 2. The molecule has 0 unspecified atom stereocenters. The van der Waals surface area contributed by atoms with Crippen molar-refractivity contribution in [3.8, 4) is 33.8 Å². The molecule has 2 aromatic carbocycles. The molecule has 2 heterocycles. The van der Waals surface area contributed by atoms with E-state index in [9.17, 15) is 4.79 Å². The Balaban J connectivity index is 1.58. The van der Waals surface area contributed by atoms with Gasteiger partial charge in [0.1, 0.15) is 11.4 Å². The van der Waals surface area contributed by atoms with E-state index < -0.39 is 0 Å². The number of fused-ring (bicyclic) bond motifs is 1. The van der Waals surface area contributed by atoms with Crippen molar-refractivity contribution in [2.75, 3.05) is 6.61 Å². The lowest BCUT2D eigenvalue weighted by molar-refractivity contribution is 0.0994. The van der Waals surface area contributed by atoms with E-state index >= 15 is 0 Å². The van der Waals surface area contributed by atoms with Crippen molar-refractivity contribution in [3.63, 3.8) is 0 Å². The summed E-state index contributed by atoms with van der Waals surface area (Å²) in [5.74, 6) is 1.02. The number of carbonyl (C=O) groups is 1. The quantitative estimate of drug-likeness (QED) is 0.284. The maximum absolute atomic E-state index is 12.1. The number of carbonyl (C=O) groups excluding carboxylic acids is 1. The molecular weight excluding hydrogens is 398 g/mol. The minimum Gasteiger partial charge on any atom is -0.493 e. The first-order valence-corrected chi connectivity index (χ1v) is 10.7. The lowest BCUT2D eigenvalue weighted by Gasteiger charge is -2.07. The summed E-state index contributed by atoms with van der Waals surface area (Å²) in [6.45, 7) is 4.33. The van der Waals surface area contributed by atoms with E-state index in [1.807, 2.05) is 65.5 Å². The molecular formula is C27H23N3O2. The van der Waals surface area contributed by atoms with Gasteiger partial charge in [-0.3, -0.25) is 9.78 Å². The van der Waals surface area contributed by atoms with Crippen molar-refractivity contribution < 1.29 is 9.53 Å². The van der Waals surface area contributed by atoms with Crippen molar-refractivity contribution in [3.05, 3.63) is 97.0 Å². The number of hydrogen-bond donors (Lipinski definition) is 0. The molecule has 0 radical (unpaired) electrons. The zero-order valence-corrected chi connectivity index (χ0v) is 17.7. The van der Waals surface area contributed by atoms with Crippen LogP contribution in [0, 0.1) is 0 Å². The first kappa shape index (κ1) is 19.9. The summed E-state index contributed by atoms with van der Waals surface area (Å²) in [5, 5.41) is 4.92. The summed E-state index contributed by atoms with van der Waals surface area (Å²) >= 11 is 0. The van der Waals surface area contributed by atoms with Crippen LogP contribution < -0.4 is 4.74 Å². The Labute approximate surface area is 187 Å². The Hall–Kier alpha value is -3.99. The van der Waals surface area contributed by atoms with Crippen molar-refractivity contribution in [1.29, 1.82) is 0 Å². The summed E-state index contributed by atoms with van der Waals surface area (Å²) in [6.07, 6.45) is 9.61. The summed E-state index contributed by atoms with van der Waals surface area (Å²) < 4.78 is 7.70. The van der Waals surface area contributed by atoms with Gasteiger partial charge in [-0.25, -0.2) is 4.68 Å². The van der Waals surface area contributed by atoms with Gasteiger partial charge in [0.05, 0.1) is 12.3 Å². The molecule has 0 N–H and O–H groups in total. The second-order valence-electron chi connectivity index (χ2n) is 7.79. The van der Waals surface area contributed by atoms with E-state index in [4.69, 9.17) is 9.84 Å². The van der Waals surface area contributed by atoms with Gasteiger partial charge in [-0.1, -0.05) is 30.3 Å². The third-order valence-corrected chi connectivity index (χ3v) is 5.68. The molecule has 0 saturated carbocycles. The van der Waals surface area contributed by atoms with Crippen molar-refractivity contribution in [1.82, 2.24) is 14.8 Å². The SMILES string of the molecule is C=CCCOc1cccc(-n2cc(-c3ccc4c(c3)CCC4=O)c(-c3ccncc3)n2)c1. The van der Waals surface area contributed by atoms with Gasteiger partial charge in [-0.2, -0.15) is 5.10 Å². The lowest BCUT2D eigenvalue weighted by atomic mass is 9.98. The normalized spacial score (nSPS) is 12.6. The van der Waals surface area contributed by atoms with Crippen LogP contribution >= 0.6 is 0 Å². The van der Waals surface area contributed by atoms with Gasteiger partial charge in [0, 0.05) is 47.8 Å². The highest BCUT2D eigenvalue weighted by Crippen LogP contribution is 2.35. The fraction of sp³-hybridized carbons (Fsp3) is 0.148. The lowest BCUT2D eigenvalue weighted by Crippen LogP contribution is -1.98. The number of Topliss-reactive ketones (excluding diaryl/α,β-unsaturated/α-hetero) is 1. The Morgan fingerprint density at radius 3 is 2.72 bits per heavy atom. The summed E-state index contributed by atoms with van der Waals surface area (Å²) in [4.78, 5) is 16.2. The summed E-state index contributed by atoms with van der Waals surface area (Å²) in [6, 6.07) is 17.9. The van der Waals surface area contributed by atoms with Gasteiger partial charge in [0.25, 0.3) is 0 Å². The molecule has 1 aliphatic carbocycles. The van der Waals surface area contributed by atoms with Crippen molar-refractivity contribution in [2.45, 2.75) is 19.3 Å². The molecule has 0 atom stereocenters. The van der Waals surface area contributed by atoms with E-state index in [2.05, 4.69) is 17.6 Å². The van der Waals surface area contributed by atoms with Gasteiger partial charge in [0.15, 0.2) is 5.78 Å². The maximum Gasteiger partial charge on any atom is 0.163 e. The molecule has 0 amide bonds. The van der Waals surface area contributed by atoms with E-state index in [1.54, 1.807) is 12.4 Å². The van der Waals surface area contributed by atoms with Gasteiger partial charge >= 0.3 is 0 Å². The number of ether oxygens (including phenoxy) is 1. The number of aromatic nitrogens is 3. The van der Waals surface area contributed by atoms with Crippen molar-refractivity contribution >= 4 is 5.78 Å². The first-order valence-electron chi connectivity index (χ1n) is 10.7. The Kier molecular flexibility index (Phi) is 5.38. The van der Waals surface area contributed by atoms with Crippen LogP contribution in [0.4, 0.5) is 0 Å². The predicted octanol–water partition coefficient (Wildman–Crippen LogP) is 5.69. The van der Waals surface area contributed by atoms with Crippen LogP contribution in [0.25, 0.3) is 28.1 Å². The van der Waals surface area contributed by atoms with Gasteiger partial charge < -0.3 is 4.74 Å². The smallest absolute Gasteiger partial charge is 0.163 e. The molecule has 5 heteroatoms. The average Bonchev–Trinajstić information content (AvgIpc) is 3.44. The maximum atomic E-state index is 12.1. The van der Waals surface area contributed by atoms with E-state index in [0.717, 1.165) is 57.8 Å². The zero-order chi connectivity index (χ0) is 21.9. The monoisotopic (exact) mass is 421 g/mol. The first-order chi connectivity index (χ1) is 15.7. The number of nitrogens with zero attached hydrogens (tertiary/aromatic N) is 3. The predicted molar refractivity (Wildman–Crippen MR) is 125 cm³/mol. The van der Waals surface area contributed by atoms with Crippen LogP contribution in [0.5, 0.6) is 5.75 Å². The molecule has 0 fully saturated rings. The van der Waals surface area contributed by atoms with Gasteiger partial charge in [-0.15, -0.1) is 6.58 Å². The van der Waals surface area contributed by atoms with Gasteiger partial charge in [0.2, 0.25) is 0 Å². The van der Waals surface area contributed by atoms with Crippen LogP contribution in [0.15, 0.2) is 85.8 Å². The molecule has 0 aliphatic heterocycles. The third kappa shape index (κ3) is 3.85. The molecule has 5 rings (SSSR count). The molecule has 0 bridgehead atoms. The minimum absolute atomic E-state index is 0.227. The standard InChI is InChI=1S/C27H23N3O2/c1-2-3-15-32-23-6-4-5-22(17-23)30-18-25(27(29-30)19-11-13-28-14-12-19)21-7-9-24-20(16-21)8-10-26(24)31/h2,4-7,9,11-14,16-18H,1,3,8,10,15H2. The molecule has 0 saturated heterocycles. The number of ketones is 1. The van der Waals surface area contributed by atoms with Crippen molar-refractivity contribution in [2.24, 2.45) is 0 Å². The molecule has 2 aromatic heterocycles. The summed E-state index contributed by atoms with van der Waals surface area (Å²) in [5.41, 5.74) is 6.79.